The molecule has 0 atom stereocenters. The van der Waals surface area contributed by atoms with E-state index in [0.29, 0.717) is 18.0 Å². The van der Waals surface area contributed by atoms with Crippen LogP contribution in [0.3, 0.4) is 0 Å². The minimum atomic E-state index is -4.49. The molecule has 0 saturated heterocycles. The number of hydrogen-bond donors (Lipinski definition) is 1. The number of aromatic nitrogens is 2. The van der Waals surface area contributed by atoms with Crippen LogP contribution in [0.4, 0.5) is 13.2 Å². The average Bonchev–Trinajstić information content (AvgIpc) is 2.82. The van der Waals surface area contributed by atoms with Gasteiger partial charge in [-0.25, -0.2) is 0 Å². The van der Waals surface area contributed by atoms with Gasteiger partial charge in [0, 0.05) is 13.5 Å². The van der Waals surface area contributed by atoms with E-state index in [1.807, 2.05) is 0 Å². The van der Waals surface area contributed by atoms with E-state index >= 15 is 0 Å². The molecule has 1 aromatic heterocycles. The number of hydrogen-bond acceptors (Lipinski definition) is 5. The molecule has 1 aromatic carbocycles. The number of halogens is 3. The van der Waals surface area contributed by atoms with Crippen molar-refractivity contribution < 1.29 is 22.4 Å². The van der Waals surface area contributed by atoms with Crippen LogP contribution in [0.2, 0.25) is 0 Å². The fourth-order valence-electron chi connectivity index (χ4n) is 1.78. The maximum Gasteiger partial charge on any atom is 0.419 e. The van der Waals surface area contributed by atoms with Crippen molar-refractivity contribution in [3.8, 4) is 5.75 Å². The molecule has 114 valence electrons. The van der Waals surface area contributed by atoms with E-state index in [4.69, 9.17) is 9.26 Å². The van der Waals surface area contributed by atoms with Crippen molar-refractivity contribution in [3.63, 3.8) is 0 Å². The summed E-state index contributed by atoms with van der Waals surface area (Å²) in [5.74, 6) is 0.263. The molecule has 0 aliphatic rings. The molecule has 0 amide bonds. The molecule has 0 aliphatic carbocycles. The van der Waals surface area contributed by atoms with Crippen molar-refractivity contribution in [1.29, 1.82) is 0 Å². The lowest BCUT2D eigenvalue weighted by Gasteiger charge is -2.14. The summed E-state index contributed by atoms with van der Waals surface area (Å²) in [5, 5.41) is 6.37. The molecule has 0 aliphatic heterocycles. The summed E-state index contributed by atoms with van der Waals surface area (Å²) in [6.07, 6.45) is -4.49. The van der Waals surface area contributed by atoms with E-state index in [0.717, 1.165) is 6.07 Å². The van der Waals surface area contributed by atoms with Crippen LogP contribution in [-0.4, -0.2) is 17.2 Å². The van der Waals surface area contributed by atoms with Crippen molar-refractivity contribution in [3.05, 3.63) is 41.0 Å². The Balaban J connectivity index is 2.21. The quantitative estimate of drug-likeness (QED) is 0.920. The molecule has 5 nitrogen and oxygen atoms in total. The van der Waals surface area contributed by atoms with Gasteiger partial charge in [0.05, 0.1) is 5.56 Å². The Morgan fingerprint density at radius 2 is 2.10 bits per heavy atom. The molecule has 8 heteroatoms. The summed E-state index contributed by atoms with van der Waals surface area (Å²) < 4.78 is 49.0. The normalized spacial score (nSPS) is 11.7. The molecule has 2 aromatic rings. The van der Waals surface area contributed by atoms with Crippen LogP contribution in [0.5, 0.6) is 5.75 Å². The summed E-state index contributed by atoms with van der Waals surface area (Å²) in [4.78, 5) is 3.87. The predicted molar refractivity (Wildman–Crippen MR) is 67.6 cm³/mol. The number of aryl methyl sites for hydroxylation is 1. The van der Waals surface area contributed by atoms with E-state index in [2.05, 4.69) is 15.5 Å². The lowest BCUT2D eigenvalue weighted by atomic mass is 10.1. The smallest absolute Gasteiger partial charge is 0.419 e. The van der Waals surface area contributed by atoms with E-state index in [9.17, 15) is 13.2 Å². The summed E-state index contributed by atoms with van der Waals surface area (Å²) in [6, 6.07) is 3.93. The van der Waals surface area contributed by atoms with Gasteiger partial charge in [-0.15, -0.1) is 0 Å². The highest BCUT2D eigenvalue weighted by Crippen LogP contribution is 2.37. The Kier molecular flexibility index (Phi) is 4.46. The second-order valence-electron chi connectivity index (χ2n) is 4.38. The third-order valence-corrected chi connectivity index (χ3v) is 2.66. The Labute approximate surface area is 119 Å². The second kappa shape index (κ2) is 6.13. The first kappa shape index (κ1) is 15.3. The highest BCUT2D eigenvalue weighted by atomic mass is 19.4. The summed E-state index contributed by atoms with van der Waals surface area (Å²) in [7, 11) is 1.66. The lowest BCUT2D eigenvalue weighted by molar-refractivity contribution is -0.139. The van der Waals surface area contributed by atoms with Crippen molar-refractivity contribution in [2.24, 2.45) is 0 Å². The second-order valence-corrected chi connectivity index (χ2v) is 4.38. The number of nitrogens with one attached hydrogen (secondary N) is 1. The molecule has 21 heavy (non-hydrogen) atoms. The number of alkyl halides is 3. The van der Waals surface area contributed by atoms with Crippen LogP contribution >= 0.6 is 0 Å². The minimum Gasteiger partial charge on any atom is -0.485 e. The summed E-state index contributed by atoms with van der Waals surface area (Å²) in [6.45, 7) is 1.74. The van der Waals surface area contributed by atoms with Gasteiger partial charge in [-0.2, -0.15) is 18.2 Å². The summed E-state index contributed by atoms with van der Waals surface area (Å²) >= 11 is 0. The zero-order chi connectivity index (χ0) is 15.5. The van der Waals surface area contributed by atoms with Gasteiger partial charge in [0.1, 0.15) is 5.75 Å². The van der Waals surface area contributed by atoms with Gasteiger partial charge in [0.15, 0.2) is 6.61 Å². The number of rotatable bonds is 5. The fraction of sp³-hybridized carbons (Fsp3) is 0.385. The summed E-state index contributed by atoms with van der Waals surface area (Å²) in [5.41, 5.74) is -0.303. The molecule has 0 fully saturated rings. The molecule has 0 unspecified atom stereocenters. The van der Waals surface area contributed by atoms with Gasteiger partial charge in [0.25, 0.3) is 0 Å². The maximum atomic E-state index is 13.0. The van der Waals surface area contributed by atoms with Crippen LogP contribution in [0, 0.1) is 6.92 Å². The van der Waals surface area contributed by atoms with Gasteiger partial charge >= 0.3 is 6.18 Å². The van der Waals surface area contributed by atoms with E-state index in [-0.39, 0.29) is 18.2 Å². The minimum absolute atomic E-state index is 0.189. The standard InChI is InChI=1S/C13H14F3N3O2/c1-8-18-12(19-21-8)7-20-11-4-3-9(6-17-2)5-10(11)13(14,15)16/h3-5,17H,6-7H2,1-2H3. The number of ether oxygens (including phenoxy) is 1. The van der Waals surface area contributed by atoms with Gasteiger partial charge in [-0.1, -0.05) is 11.2 Å². The van der Waals surface area contributed by atoms with Crippen LogP contribution in [0.15, 0.2) is 22.7 Å². The number of nitrogens with zero attached hydrogens (tertiary/aromatic N) is 2. The molecule has 0 spiro atoms. The van der Waals surface area contributed by atoms with Gasteiger partial charge in [-0.3, -0.25) is 0 Å². The molecular formula is C13H14F3N3O2. The Hall–Kier alpha value is -2.09. The zero-order valence-corrected chi connectivity index (χ0v) is 11.5. The highest BCUT2D eigenvalue weighted by molar-refractivity contribution is 5.39. The molecule has 0 radical (unpaired) electrons. The van der Waals surface area contributed by atoms with Crippen LogP contribution in [0.1, 0.15) is 22.8 Å². The molecule has 1 heterocycles. The third kappa shape index (κ3) is 3.94. The van der Waals surface area contributed by atoms with Crippen molar-refractivity contribution in [2.45, 2.75) is 26.3 Å². The van der Waals surface area contributed by atoms with Crippen LogP contribution < -0.4 is 10.1 Å². The number of benzene rings is 1. The Morgan fingerprint density at radius 3 is 2.67 bits per heavy atom. The first-order chi connectivity index (χ1) is 9.90. The Morgan fingerprint density at radius 1 is 1.33 bits per heavy atom. The molecule has 0 saturated carbocycles. The topological polar surface area (TPSA) is 60.2 Å². The molecule has 0 bridgehead atoms. The van der Waals surface area contributed by atoms with Crippen molar-refractivity contribution in [1.82, 2.24) is 15.5 Å². The van der Waals surface area contributed by atoms with Gasteiger partial charge < -0.3 is 14.6 Å². The maximum absolute atomic E-state index is 13.0. The SMILES string of the molecule is CNCc1ccc(OCc2noc(C)n2)c(C(F)(F)F)c1. The largest absolute Gasteiger partial charge is 0.485 e. The average molecular weight is 301 g/mol. The lowest BCUT2D eigenvalue weighted by Crippen LogP contribution is -2.12. The first-order valence-electron chi connectivity index (χ1n) is 6.17. The van der Waals surface area contributed by atoms with Gasteiger partial charge in [-0.05, 0) is 24.7 Å². The van der Waals surface area contributed by atoms with Crippen molar-refractivity contribution >= 4 is 0 Å². The third-order valence-electron chi connectivity index (χ3n) is 2.66. The molecule has 2 rings (SSSR count). The molecule has 1 N–H and O–H groups in total. The fourth-order valence-corrected chi connectivity index (χ4v) is 1.78. The van der Waals surface area contributed by atoms with E-state index in [1.165, 1.54) is 6.07 Å². The van der Waals surface area contributed by atoms with Crippen molar-refractivity contribution in [2.75, 3.05) is 7.05 Å². The monoisotopic (exact) mass is 301 g/mol. The van der Waals surface area contributed by atoms with Crippen LogP contribution in [0.25, 0.3) is 0 Å². The molecular weight excluding hydrogens is 287 g/mol. The predicted octanol–water partition coefficient (Wildman–Crippen LogP) is 2.70. The van der Waals surface area contributed by atoms with E-state index < -0.39 is 11.7 Å². The Bertz CT molecular complexity index is 611. The van der Waals surface area contributed by atoms with Gasteiger partial charge in [0.2, 0.25) is 11.7 Å². The zero-order valence-electron chi connectivity index (χ0n) is 11.5. The first-order valence-corrected chi connectivity index (χ1v) is 6.17. The highest BCUT2D eigenvalue weighted by Gasteiger charge is 2.34. The van der Waals surface area contributed by atoms with Crippen LogP contribution in [-0.2, 0) is 19.3 Å². The van der Waals surface area contributed by atoms with E-state index in [1.54, 1.807) is 20.0 Å².